The van der Waals surface area contributed by atoms with E-state index >= 15 is 0 Å². The minimum absolute atomic E-state index is 0.0325. The molecule has 25 heavy (non-hydrogen) atoms. The number of carbonyl (C=O) groups is 1. The summed E-state index contributed by atoms with van der Waals surface area (Å²) in [5.41, 5.74) is 1.40. The van der Waals surface area contributed by atoms with Crippen LogP contribution in [0, 0.1) is 0 Å². The van der Waals surface area contributed by atoms with Gasteiger partial charge in [0, 0.05) is 37.7 Å². The highest BCUT2D eigenvalue weighted by Crippen LogP contribution is 2.31. The van der Waals surface area contributed by atoms with Crippen LogP contribution in [0.5, 0.6) is 0 Å². The van der Waals surface area contributed by atoms with Gasteiger partial charge in [-0.05, 0) is 25.3 Å². The number of piperidine rings is 1. The summed E-state index contributed by atoms with van der Waals surface area (Å²) in [6.07, 6.45) is 13.4. The zero-order valence-corrected chi connectivity index (χ0v) is 14.0. The smallest absolute Gasteiger partial charge is 0.274 e. The fourth-order valence-corrected chi connectivity index (χ4v) is 3.25. The third-order valence-corrected chi connectivity index (χ3v) is 4.45. The molecule has 3 aromatic rings. The number of nitrogens with zero attached hydrogens (tertiary/aromatic N) is 7. The summed E-state index contributed by atoms with van der Waals surface area (Å²) >= 11 is 0. The Morgan fingerprint density at radius 2 is 2.12 bits per heavy atom. The van der Waals surface area contributed by atoms with Crippen molar-refractivity contribution in [1.29, 1.82) is 0 Å². The first-order chi connectivity index (χ1) is 12.2. The molecular formula is C17H19N7O. The summed E-state index contributed by atoms with van der Waals surface area (Å²) in [5, 5.41) is 8.39. The number of amides is 1. The minimum Gasteiger partial charge on any atom is -0.330 e. The third kappa shape index (κ3) is 3.02. The van der Waals surface area contributed by atoms with E-state index in [1.54, 1.807) is 34.0 Å². The Hall–Kier alpha value is -3.03. The van der Waals surface area contributed by atoms with Gasteiger partial charge >= 0.3 is 0 Å². The van der Waals surface area contributed by atoms with E-state index in [9.17, 15) is 4.79 Å². The van der Waals surface area contributed by atoms with Crippen molar-refractivity contribution >= 4 is 5.91 Å². The van der Waals surface area contributed by atoms with Gasteiger partial charge in [0.25, 0.3) is 5.91 Å². The van der Waals surface area contributed by atoms with E-state index in [4.69, 9.17) is 0 Å². The second kappa shape index (κ2) is 6.46. The van der Waals surface area contributed by atoms with Gasteiger partial charge in [0.1, 0.15) is 5.69 Å². The zero-order chi connectivity index (χ0) is 17.2. The van der Waals surface area contributed by atoms with Gasteiger partial charge in [-0.3, -0.25) is 14.5 Å². The Labute approximate surface area is 145 Å². The molecule has 1 aliphatic heterocycles. The highest BCUT2D eigenvalue weighted by Gasteiger charge is 2.30. The Bertz CT molecular complexity index is 871. The van der Waals surface area contributed by atoms with Gasteiger partial charge in [-0.1, -0.05) is 0 Å². The lowest BCUT2D eigenvalue weighted by Crippen LogP contribution is -2.39. The maximum Gasteiger partial charge on any atom is 0.274 e. The van der Waals surface area contributed by atoms with Crippen molar-refractivity contribution in [1.82, 2.24) is 34.4 Å². The number of likely N-dealkylation sites (tertiary alicyclic amines) is 1. The number of hydrogen-bond donors (Lipinski definition) is 0. The quantitative estimate of drug-likeness (QED) is 0.727. The van der Waals surface area contributed by atoms with E-state index in [-0.39, 0.29) is 11.9 Å². The summed E-state index contributed by atoms with van der Waals surface area (Å²) in [4.78, 5) is 23.6. The molecule has 1 unspecified atom stereocenters. The van der Waals surface area contributed by atoms with E-state index in [1.165, 1.54) is 6.20 Å². The standard InChI is InChI=1S/C17H19N7O/c1-22-12-13(9-20-22)15-5-2-3-7-23(15)17(25)14-10-18-11-16(21-14)24-8-4-6-19-24/h4,6,8-12,15H,2-3,5,7H2,1H3. The van der Waals surface area contributed by atoms with E-state index in [0.29, 0.717) is 18.1 Å². The van der Waals surface area contributed by atoms with E-state index < -0.39 is 0 Å². The molecule has 1 amide bonds. The topological polar surface area (TPSA) is 81.7 Å². The van der Waals surface area contributed by atoms with Crippen LogP contribution in [0.1, 0.15) is 41.4 Å². The number of rotatable bonds is 3. The lowest BCUT2D eigenvalue weighted by atomic mass is 9.97. The fraction of sp³-hybridized carbons (Fsp3) is 0.353. The average molecular weight is 337 g/mol. The number of carbonyl (C=O) groups excluding carboxylic acids is 1. The molecule has 0 saturated carbocycles. The summed E-state index contributed by atoms with van der Waals surface area (Å²) in [7, 11) is 1.89. The predicted molar refractivity (Wildman–Crippen MR) is 90.0 cm³/mol. The van der Waals surface area contributed by atoms with Gasteiger partial charge < -0.3 is 4.90 Å². The molecule has 0 bridgehead atoms. The molecule has 1 saturated heterocycles. The van der Waals surface area contributed by atoms with E-state index in [0.717, 1.165) is 24.8 Å². The van der Waals surface area contributed by atoms with Crippen molar-refractivity contribution in [3.05, 3.63) is 54.5 Å². The van der Waals surface area contributed by atoms with Crippen LogP contribution in [0.3, 0.4) is 0 Å². The maximum absolute atomic E-state index is 13.1. The van der Waals surface area contributed by atoms with Crippen molar-refractivity contribution in [3.63, 3.8) is 0 Å². The number of aryl methyl sites for hydroxylation is 1. The zero-order valence-electron chi connectivity index (χ0n) is 14.0. The van der Waals surface area contributed by atoms with Crippen LogP contribution >= 0.6 is 0 Å². The van der Waals surface area contributed by atoms with Crippen molar-refractivity contribution in [2.75, 3.05) is 6.54 Å². The average Bonchev–Trinajstić information content (AvgIpc) is 3.33. The second-order valence-electron chi connectivity index (χ2n) is 6.17. The molecule has 0 radical (unpaired) electrons. The molecule has 1 aliphatic rings. The Morgan fingerprint density at radius 1 is 1.20 bits per heavy atom. The van der Waals surface area contributed by atoms with Crippen molar-refractivity contribution in [2.45, 2.75) is 25.3 Å². The second-order valence-corrected chi connectivity index (χ2v) is 6.17. The first-order valence-corrected chi connectivity index (χ1v) is 8.34. The third-order valence-electron chi connectivity index (χ3n) is 4.45. The normalized spacial score (nSPS) is 17.6. The van der Waals surface area contributed by atoms with Crippen LogP contribution in [-0.2, 0) is 7.05 Å². The minimum atomic E-state index is -0.102. The highest BCUT2D eigenvalue weighted by molar-refractivity contribution is 5.92. The monoisotopic (exact) mass is 337 g/mol. The molecule has 0 N–H and O–H groups in total. The molecule has 3 aromatic heterocycles. The molecule has 0 aromatic carbocycles. The van der Waals surface area contributed by atoms with Crippen molar-refractivity contribution in [2.24, 2.45) is 7.05 Å². The van der Waals surface area contributed by atoms with Gasteiger partial charge in [0.15, 0.2) is 5.82 Å². The molecule has 1 fully saturated rings. The molecule has 4 heterocycles. The van der Waals surface area contributed by atoms with Crippen LogP contribution in [0.4, 0.5) is 0 Å². The molecule has 8 heteroatoms. The van der Waals surface area contributed by atoms with Gasteiger partial charge in [0.05, 0.1) is 24.6 Å². The summed E-state index contributed by atoms with van der Waals surface area (Å²) < 4.78 is 3.36. The molecule has 4 rings (SSSR count). The Balaban J connectivity index is 1.63. The van der Waals surface area contributed by atoms with Crippen molar-refractivity contribution < 1.29 is 4.79 Å². The molecule has 8 nitrogen and oxygen atoms in total. The van der Waals surface area contributed by atoms with Crippen molar-refractivity contribution in [3.8, 4) is 5.82 Å². The maximum atomic E-state index is 13.1. The lowest BCUT2D eigenvalue weighted by molar-refractivity contribution is 0.0604. The SMILES string of the molecule is Cn1cc(C2CCCCN2C(=O)c2cncc(-n3cccn3)n2)cn1. The highest BCUT2D eigenvalue weighted by atomic mass is 16.2. The summed E-state index contributed by atoms with van der Waals surface area (Å²) in [6.45, 7) is 0.714. The van der Waals surface area contributed by atoms with Gasteiger partial charge in [-0.25, -0.2) is 9.67 Å². The molecule has 1 atom stereocenters. The van der Waals surface area contributed by atoms with Crippen LogP contribution in [0.25, 0.3) is 5.82 Å². The largest absolute Gasteiger partial charge is 0.330 e. The molecular weight excluding hydrogens is 318 g/mol. The van der Waals surface area contributed by atoms with Crippen LogP contribution in [-0.4, -0.2) is 46.9 Å². The lowest BCUT2D eigenvalue weighted by Gasteiger charge is -2.35. The fourth-order valence-electron chi connectivity index (χ4n) is 3.25. The van der Waals surface area contributed by atoms with E-state index in [2.05, 4.69) is 20.2 Å². The first-order valence-electron chi connectivity index (χ1n) is 8.34. The molecule has 0 aliphatic carbocycles. The van der Waals surface area contributed by atoms with Crippen LogP contribution in [0.15, 0.2) is 43.2 Å². The molecule has 0 spiro atoms. The number of aromatic nitrogens is 6. The van der Waals surface area contributed by atoms with Crippen LogP contribution < -0.4 is 0 Å². The van der Waals surface area contributed by atoms with Gasteiger partial charge in [-0.2, -0.15) is 10.2 Å². The van der Waals surface area contributed by atoms with E-state index in [1.807, 2.05) is 24.3 Å². The van der Waals surface area contributed by atoms with Gasteiger partial charge in [-0.15, -0.1) is 0 Å². The van der Waals surface area contributed by atoms with Gasteiger partial charge in [0.2, 0.25) is 0 Å². The summed E-state index contributed by atoms with van der Waals surface area (Å²) in [6, 6.07) is 1.84. The molecule has 128 valence electrons. The Kier molecular flexibility index (Phi) is 4.01. The number of hydrogen-bond acceptors (Lipinski definition) is 5. The predicted octanol–water partition coefficient (Wildman–Crippen LogP) is 1.76. The Morgan fingerprint density at radius 3 is 2.88 bits per heavy atom. The van der Waals surface area contributed by atoms with Crippen LogP contribution in [0.2, 0.25) is 0 Å². The first kappa shape index (κ1) is 15.5. The summed E-state index contributed by atoms with van der Waals surface area (Å²) in [5.74, 6) is 0.431.